The molecular formula is C20H20ClN3O2. The maximum Gasteiger partial charge on any atom is 0.131 e. The van der Waals surface area contributed by atoms with Gasteiger partial charge in [-0.2, -0.15) is 0 Å². The van der Waals surface area contributed by atoms with Crippen LogP contribution < -0.4 is 10.1 Å². The third-order valence-electron chi connectivity index (χ3n) is 4.37. The lowest BCUT2D eigenvalue weighted by Gasteiger charge is -2.12. The normalized spacial score (nSPS) is 13.7. The molecule has 6 heteroatoms. The highest BCUT2D eigenvalue weighted by molar-refractivity contribution is 6.31. The van der Waals surface area contributed by atoms with Gasteiger partial charge >= 0.3 is 0 Å². The van der Waals surface area contributed by atoms with Crippen LogP contribution in [0.3, 0.4) is 0 Å². The Morgan fingerprint density at radius 2 is 2.04 bits per heavy atom. The van der Waals surface area contributed by atoms with Gasteiger partial charge in [0.05, 0.1) is 24.4 Å². The monoisotopic (exact) mass is 369 g/mol. The minimum atomic E-state index is 0.494. The largest absolute Gasteiger partial charge is 0.490 e. The number of rotatable bonds is 6. The molecule has 0 unspecified atom stereocenters. The highest BCUT2D eigenvalue weighted by atomic mass is 35.5. The van der Waals surface area contributed by atoms with E-state index in [2.05, 4.69) is 15.3 Å². The Morgan fingerprint density at radius 3 is 2.85 bits per heavy atom. The van der Waals surface area contributed by atoms with Crippen molar-refractivity contribution in [1.29, 1.82) is 0 Å². The van der Waals surface area contributed by atoms with Crippen LogP contribution in [0.1, 0.15) is 5.56 Å². The summed E-state index contributed by atoms with van der Waals surface area (Å²) in [6, 6.07) is 13.8. The zero-order valence-corrected chi connectivity index (χ0v) is 15.3. The van der Waals surface area contributed by atoms with Gasteiger partial charge in [-0.3, -0.25) is 4.99 Å². The van der Waals surface area contributed by atoms with Gasteiger partial charge in [-0.15, -0.1) is 0 Å². The van der Waals surface area contributed by atoms with Crippen LogP contribution in [0.2, 0.25) is 5.02 Å². The van der Waals surface area contributed by atoms with Crippen LogP contribution in [0.25, 0.3) is 22.2 Å². The average Bonchev–Trinajstić information content (AvgIpc) is 3.29. The number of aliphatic imine (C=N–C) groups is 1. The first-order valence-corrected chi connectivity index (χ1v) is 8.97. The number of aromatic amines is 1. The molecular weight excluding hydrogens is 350 g/mol. The number of nitrogens with zero attached hydrogens (tertiary/aromatic N) is 1. The Balaban J connectivity index is 1.88. The van der Waals surface area contributed by atoms with E-state index in [-0.39, 0.29) is 0 Å². The highest BCUT2D eigenvalue weighted by Crippen LogP contribution is 2.37. The molecule has 4 rings (SSSR count). The van der Waals surface area contributed by atoms with E-state index in [9.17, 15) is 0 Å². The molecule has 0 aliphatic carbocycles. The molecule has 1 aromatic heterocycles. The van der Waals surface area contributed by atoms with Crippen LogP contribution >= 0.6 is 11.6 Å². The van der Waals surface area contributed by atoms with Gasteiger partial charge in [-0.25, -0.2) is 0 Å². The number of para-hydroxylation sites is 1. The van der Waals surface area contributed by atoms with Gasteiger partial charge in [0.1, 0.15) is 18.2 Å². The van der Waals surface area contributed by atoms with Crippen molar-refractivity contribution in [1.82, 2.24) is 10.3 Å². The second-order valence-electron chi connectivity index (χ2n) is 6.06. The molecule has 0 saturated heterocycles. The van der Waals surface area contributed by atoms with E-state index < -0.39 is 0 Å². The summed E-state index contributed by atoms with van der Waals surface area (Å²) >= 11 is 6.26. The number of benzene rings is 2. The molecule has 1 aliphatic heterocycles. The van der Waals surface area contributed by atoms with Crippen molar-refractivity contribution >= 4 is 28.3 Å². The molecule has 0 amide bonds. The summed E-state index contributed by atoms with van der Waals surface area (Å²) < 4.78 is 11.0. The summed E-state index contributed by atoms with van der Waals surface area (Å²) in [5.41, 5.74) is 4.01. The second kappa shape index (κ2) is 7.40. The number of halogens is 1. The lowest BCUT2D eigenvalue weighted by molar-refractivity contribution is 0.146. The van der Waals surface area contributed by atoms with Crippen molar-refractivity contribution in [3.8, 4) is 17.0 Å². The number of methoxy groups -OCH3 is 1. The number of amidine groups is 1. The smallest absolute Gasteiger partial charge is 0.131 e. The Kier molecular flexibility index (Phi) is 4.82. The first-order valence-electron chi connectivity index (χ1n) is 8.59. The van der Waals surface area contributed by atoms with Crippen molar-refractivity contribution in [2.45, 2.75) is 0 Å². The van der Waals surface area contributed by atoms with Gasteiger partial charge in [0, 0.05) is 35.1 Å². The van der Waals surface area contributed by atoms with E-state index in [0.717, 1.165) is 52.4 Å². The van der Waals surface area contributed by atoms with Gasteiger partial charge in [-0.1, -0.05) is 23.7 Å². The fourth-order valence-electron chi connectivity index (χ4n) is 3.21. The van der Waals surface area contributed by atoms with Gasteiger partial charge in [0.15, 0.2) is 0 Å². The number of fused-ring (bicyclic) bond motifs is 1. The molecule has 0 atom stereocenters. The van der Waals surface area contributed by atoms with Crippen molar-refractivity contribution in [2.24, 2.45) is 4.99 Å². The Hall–Kier alpha value is -2.50. The van der Waals surface area contributed by atoms with E-state index >= 15 is 0 Å². The fraction of sp³-hybridized carbons (Fsp3) is 0.250. The number of aromatic nitrogens is 1. The average molecular weight is 370 g/mol. The van der Waals surface area contributed by atoms with Crippen LogP contribution in [0, 0.1) is 0 Å². The second-order valence-corrected chi connectivity index (χ2v) is 6.50. The van der Waals surface area contributed by atoms with Crippen molar-refractivity contribution in [2.75, 3.05) is 33.4 Å². The summed E-state index contributed by atoms with van der Waals surface area (Å²) in [5.74, 6) is 1.70. The summed E-state index contributed by atoms with van der Waals surface area (Å²) in [7, 11) is 1.67. The molecule has 2 heterocycles. The Morgan fingerprint density at radius 1 is 1.15 bits per heavy atom. The van der Waals surface area contributed by atoms with Gasteiger partial charge in [0.2, 0.25) is 0 Å². The van der Waals surface area contributed by atoms with E-state index in [1.807, 2.05) is 42.5 Å². The van der Waals surface area contributed by atoms with Crippen LogP contribution in [0.15, 0.2) is 47.5 Å². The molecule has 0 fully saturated rings. The third kappa shape index (κ3) is 3.16. The van der Waals surface area contributed by atoms with Gasteiger partial charge in [0.25, 0.3) is 0 Å². The highest BCUT2D eigenvalue weighted by Gasteiger charge is 2.22. The molecule has 134 valence electrons. The van der Waals surface area contributed by atoms with Crippen LogP contribution in [-0.4, -0.2) is 44.2 Å². The number of hydrogen-bond acceptors (Lipinski definition) is 4. The van der Waals surface area contributed by atoms with Crippen LogP contribution in [0.4, 0.5) is 0 Å². The Labute approximate surface area is 157 Å². The zero-order chi connectivity index (χ0) is 17.9. The molecule has 1 aliphatic rings. The number of hydrogen-bond donors (Lipinski definition) is 2. The molecule has 2 N–H and O–H groups in total. The first-order chi connectivity index (χ1) is 12.8. The van der Waals surface area contributed by atoms with E-state index in [0.29, 0.717) is 18.2 Å². The predicted molar refractivity (Wildman–Crippen MR) is 106 cm³/mol. The predicted octanol–water partition coefficient (Wildman–Crippen LogP) is 3.86. The molecule has 0 saturated carbocycles. The molecule has 26 heavy (non-hydrogen) atoms. The van der Waals surface area contributed by atoms with Gasteiger partial charge < -0.3 is 19.8 Å². The SMILES string of the molecule is COCCOc1ccccc1-c1[nH]c2ccc(Cl)cc2c1C1=NCCN1. The molecule has 5 nitrogen and oxygen atoms in total. The maximum absolute atomic E-state index is 6.26. The molecule has 3 aromatic rings. The van der Waals surface area contributed by atoms with Crippen molar-refractivity contribution in [3.63, 3.8) is 0 Å². The number of nitrogens with one attached hydrogen (secondary N) is 2. The maximum atomic E-state index is 6.26. The van der Waals surface area contributed by atoms with E-state index in [4.69, 9.17) is 21.1 Å². The fourth-order valence-corrected chi connectivity index (χ4v) is 3.38. The summed E-state index contributed by atoms with van der Waals surface area (Å²) in [6.07, 6.45) is 0. The topological polar surface area (TPSA) is 58.6 Å². The van der Waals surface area contributed by atoms with Crippen molar-refractivity contribution < 1.29 is 9.47 Å². The molecule has 0 spiro atoms. The van der Waals surface area contributed by atoms with Crippen LogP contribution in [-0.2, 0) is 4.74 Å². The zero-order valence-electron chi connectivity index (χ0n) is 14.5. The Bertz CT molecular complexity index is 965. The standard InChI is InChI=1S/C20H20ClN3O2/c1-25-10-11-26-17-5-3-2-4-14(17)19-18(20-22-8-9-23-20)15-12-13(21)6-7-16(15)24-19/h2-7,12,24H,8-11H2,1H3,(H,22,23). The minimum absolute atomic E-state index is 0.494. The van der Waals surface area contributed by atoms with Gasteiger partial charge in [-0.05, 0) is 30.3 Å². The molecule has 2 aromatic carbocycles. The molecule has 0 radical (unpaired) electrons. The lowest BCUT2D eigenvalue weighted by atomic mass is 10.0. The lowest BCUT2D eigenvalue weighted by Crippen LogP contribution is -2.20. The van der Waals surface area contributed by atoms with E-state index in [1.54, 1.807) is 7.11 Å². The summed E-state index contributed by atoms with van der Waals surface area (Å²) in [6.45, 7) is 2.65. The number of H-pyrrole nitrogens is 1. The quantitative estimate of drug-likeness (QED) is 0.648. The van der Waals surface area contributed by atoms with Crippen molar-refractivity contribution in [3.05, 3.63) is 53.1 Å². The van der Waals surface area contributed by atoms with E-state index in [1.165, 1.54) is 0 Å². The molecule has 0 bridgehead atoms. The summed E-state index contributed by atoms with van der Waals surface area (Å²) in [5, 5.41) is 5.13. The first kappa shape index (κ1) is 16.9. The van der Waals surface area contributed by atoms with Crippen LogP contribution in [0.5, 0.6) is 5.75 Å². The summed E-state index contributed by atoms with van der Waals surface area (Å²) in [4.78, 5) is 8.16. The third-order valence-corrected chi connectivity index (χ3v) is 4.61. The minimum Gasteiger partial charge on any atom is -0.490 e. The number of ether oxygens (including phenoxy) is 2.